The van der Waals surface area contributed by atoms with Crippen molar-refractivity contribution in [3.8, 4) is 0 Å². The molecule has 7 heteroatoms. The minimum Gasteiger partial charge on any atom is -0.463 e. The lowest BCUT2D eigenvalue weighted by Gasteiger charge is -2.27. The van der Waals surface area contributed by atoms with Gasteiger partial charge in [-0.25, -0.2) is 4.79 Å². The monoisotopic (exact) mass is 347 g/mol. The van der Waals surface area contributed by atoms with Gasteiger partial charge in [-0.2, -0.15) is 0 Å². The molecule has 0 N–H and O–H groups in total. The van der Waals surface area contributed by atoms with Crippen molar-refractivity contribution in [2.75, 3.05) is 0 Å². The minimum absolute atomic E-state index is 0.0760. The van der Waals surface area contributed by atoms with Crippen LogP contribution in [-0.2, 0) is 14.3 Å². The number of hydrogen-bond acceptors (Lipinski definition) is 6. The van der Waals surface area contributed by atoms with Crippen molar-refractivity contribution in [3.63, 3.8) is 0 Å². The topological polar surface area (TPSA) is 95.7 Å². The highest BCUT2D eigenvalue weighted by molar-refractivity contribution is 5.89. The number of nitrogens with zero attached hydrogens (tertiary/aromatic N) is 1. The van der Waals surface area contributed by atoms with Crippen molar-refractivity contribution in [1.29, 1.82) is 0 Å². The molecule has 1 aromatic carbocycles. The average molecular weight is 347 g/mol. The fraction of sp³-hybridized carbons (Fsp3) is 0.556. The van der Waals surface area contributed by atoms with Gasteiger partial charge in [0.2, 0.25) is 0 Å². The van der Waals surface area contributed by atoms with E-state index in [1.807, 2.05) is 13.8 Å². The number of nitro groups is 1. The lowest BCUT2D eigenvalue weighted by atomic mass is 9.87. The van der Waals surface area contributed by atoms with Crippen LogP contribution in [-0.4, -0.2) is 29.1 Å². The molecular weight excluding hydrogens is 326 g/mol. The number of carbonyl (C=O) groups is 2. The first-order valence-electron chi connectivity index (χ1n) is 8.51. The Kier molecular flexibility index (Phi) is 4.74. The number of nitro benzene ring substituents is 1. The highest BCUT2D eigenvalue weighted by atomic mass is 16.6. The van der Waals surface area contributed by atoms with Crippen LogP contribution in [0.25, 0.3) is 0 Å². The first kappa shape index (κ1) is 17.4. The third kappa shape index (κ3) is 3.97. The number of ether oxygens (including phenoxy) is 2. The van der Waals surface area contributed by atoms with E-state index in [9.17, 15) is 19.7 Å². The summed E-state index contributed by atoms with van der Waals surface area (Å²) in [5, 5.41) is 10.7. The van der Waals surface area contributed by atoms with E-state index in [0.29, 0.717) is 18.3 Å². The number of esters is 2. The molecule has 0 saturated heterocycles. The standard InChI is InChI=1S/C18H21NO6/c1-10(2)24-18(21)13-7-12-8-15(12)16(9-13)25-17(20)11-3-5-14(6-4-11)19(22)23/h3-6,10,12-13,15-16H,7-9H2,1-2H3/t12-,13+,15+,16+/m1/s1. The third-order valence-electron chi connectivity index (χ3n) is 4.82. The summed E-state index contributed by atoms with van der Waals surface area (Å²) in [5.41, 5.74) is 0.197. The molecule has 0 aromatic heterocycles. The number of fused-ring (bicyclic) bond motifs is 1. The molecule has 2 aliphatic rings. The van der Waals surface area contributed by atoms with Crippen LogP contribution in [0, 0.1) is 27.9 Å². The van der Waals surface area contributed by atoms with E-state index in [-0.39, 0.29) is 35.3 Å². The molecule has 0 radical (unpaired) electrons. The van der Waals surface area contributed by atoms with Gasteiger partial charge in [0.05, 0.1) is 22.5 Å². The zero-order valence-electron chi connectivity index (χ0n) is 14.2. The molecule has 0 spiro atoms. The fourth-order valence-electron chi connectivity index (χ4n) is 3.50. The van der Waals surface area contributed by atoms with Crippen molar-refractivity contribution in [2.24, 2.45) is 17.8 Å². The summed E-state index contributed by atoms with van der Waals surface area (Å²) in [5.74, 6) is -0.251. The largest absolute Gasteiger partial charge is 0.463 e. The number of rotatable bonds is 5. The normalized spacial score (nSPS) is 27.3. The predicted molar refractivity (Wildman–Crippen MR) is 87.8 cm³/mol. The van der Waals surface area contributed by atoms with Crippen molar-refractivity contribution >= 4 is 17.6 Å². The molecule has 0 bridgehead atoms. The summed E-state index contributed by atoms with van der Waals surface area (Å²) < 4.78 is 10.9. The number of hydrogen-bond donors (Lipinski definition) is 0. The van der Waals surface area contributed by atoms with Crippen molar-refractivity contribution in [3.05, 3.63) is 39.9 Å². The van der Waals surface area contributed by atoms with Crippen LogP contribution in [0.1, 0.15) is 43.5 Å². The first-order valence-corrected chi connectivity index (χ1v) is 8.51. The van der Waals surface area contributed by atoms with Crippen LogP contribution in [0.15, 0.2) is 24.3 Å². The van der Waals surface area contributed by atoms with Gasteiger partial charge in [0, 0.05) is 12.1 Å². The quantitative estimate of drug-likeness (QED) is 0.461. The van der Waals surface area contributed by atoms with Gasteiger partial charge in [0.1, 0.15) is 6.10 Å². The second-order valence-electron chi connectivity index (χ2n) is 7.06. The van der Waals surface area contributed by atoms with Gasteiger partial charge >= 0.3 is 11.9 Å². The third-order valence-corrected chi connectivity index (χ3v) is 4.82. The number of carbonyl (C=O) groups excluding carboxylic acids is 2. The van der Waals surface area contributed by atoms with Gasteiger partial charge in [-0.05, 0) is 57.1 Å². The molecule has 0 heterocycles. The first-order chi connectivity index (χ1) is 11.8. The second-order valence-corrected chi connectivity index (χ2v) is 7.06. The fourth-order valence-corrected chi connectivity index (χ4v) is 3.50. The summed E-state index contributed by atoms with van der Waals surface area (Å²) in [4.78, 5) is 34.6. The van der Waals surface area contributed by atoms with E-state index in [1.165, 1.54) is 24.3 Å². The maximum absolute atomic E-state index is 12.3. The molecule has 3 rings (SSSR count). The molecule has 2 fully saturated rings. The summed E-state index contributed by atoms with van der Waals surface area (Å²) in [6.07, 6.45) is 1.77. The zero-order chi connectivity index (χ0) is 18.1. The van der Waals surface area contributed by atoms with E-state index in [0.717, 1.165) is 12.8 Å². The van der Waals surface area contributed by atoms with Crippen LogP contribution in [0.3, 0.4) is 0 Å². The highest BCUT2D eigenvalue weighted by Gasteiger charge is 2.52. The lowest BCUT2D eigenvalue weighted by molar-refractivity contribution is -0.384. The Hall–Kier alpha value is -2.44. The molecule has 2 saturated carbocycles. The van der Waals surface area contributed by atoms with Crippen molar-refractivity contribution < 1.29 is 24.0 Å². The average Bonchev–Trinajstić information content (AvgIpc) is 3.34. The minimum atomic E-state index is -0.518. The van der Waals surface area contributed by atoms with Crippen LogP contribution >= 0.6 is 0 Å². The molecule has 2 aliphatic carbocycles. The molecule has 0 unspecified atom stereocenters. The summed E-state index contributed by atoms with van der Waals surface area (Å²) in [6.45, 7) is 3.62. The molecule has 7 nitrogen and oxygen atoms in total. The number of non-ortho nitro benzene ring substituents is 1. The van der Waals surface area contributed by atoms with E-state index in [2.05, 4.69) is 0 Å². The zero-order valence-corrected chi connectivity index (χ0v) is 14.2. The molecule has 25 heavy (non-hydrogen) atoms. The van der Waals surface area contributed by atoms with E-state index >= 15 is 0 Å². The number of benzene rings is 1. The van der Waals surface area contributed by atoms with Gasteiger partial charge in [0.15, 0.2) is 0 Å². The molecule has 4 atom stereocenters. The van der Waals surface area contributed by atoms with E-state index < -0.39 is 10.9 Å². The summed E-state index contributed by atoms with van der Waals surface area (Å²) >= 11 is 0. The van der Waals surface area contributed by atoms with Crippen LogP contribution in [0.5, 0.6) is 0 Å². The van der Waals surface area contributed by atoms with Crippen LogP contribution in [0.2, 0.25) is 0 Å². The molecule has 0 amide bonds. The van der Waals surface area contributed by atoms with Gasteiger partial charge < -0.3 is 9.47 Å². The van der Waals surface area contributed by atoms with E-state index in [4.69, 9.17) is 9.47 Å². The lowest BCUT2D eigenvalue weighted by Crippen LogP contribution is -2.33. The molecule has 0 aliphatic heterocycles. The van der Waals surface area contributed by atoms with Gasteiger partial charge in [0.25, 0.3) is 5.69 Å². The Bertz CT molecular complexity index is 683. The maximum Gasteiger partial charge on any atom is 0.338 e. The summed E-state index contributed by atoms with van der Waals surface area (Å²) in [6, 6.07) is 5.33. The molecule has 1 aromatic rings. The van der Waals surface area contributed by atoms with Crippen LogP contribution < -0.4 is 0 Å². The Morgan fingerprint density at radius 2 is 1.84 bits per heavy atom. The summed E-state index contributed by atoms with van der Waals surface area (Å²) in [7, 11) is 0. The molecular formula is C18H21NO6. The second kappa shape index (κ2) is 6.82. The van der Waals surface area contributed by atoms with Crippen LogP contribution in [0.4, 0.5) is 5.69 Å². The van der Waals surface area contributed by atoms with Gasteiger partial charge in [-0.3, -0.25) is 14.9 Å². The Morgan fingerprint density at radius 3 is 2.44 bits per heavy atom. The predicted octanol–water partition coefficient (Wildman–Crippen LogP) is 3.12. The Balaban J connectivity index is 1.62. The van der Waals surface area contributed by atoms with Crippen molar-refractivity contribution in [1.82, 2.24) is 0 Å². The van der Waals surface area contributed by atoms with Crippen molar-refractivity contribution in [2.45, 2.75) is 45.3 Å². The Labute approximate surface area is 145 Å². The Morgan fingerprint density at radius 1 is 1.16 bits per heavy atom. The molecule has 134 valence electrons. The SMILES string of the molecule is CC(C)OC(=O)[C@H]1C[C@@H]2C[C@@H]2[C@@H](OC(=O)c2ccc([N+](=O)[O-])cc2)C1. The highest BCUT2D eigenvalue weighted by Crippen LogP contribution is 2.53. The van der Waals surface area contributed by atoms with Gasteiger partial charge in [-0.15, -0.1) is 0 Å². The maximum atomic E-state index is 12.3. The smallest absolute Gasteiger partial charge is 0.338 e. The van der Waals surface area contributed by atoms with Gasteiger partial charge in [-0.1, -0.05) is 0 Å². The van der Waals surface area contributed by atoms with E-state index in [1.54, 1.807) is 0 Å².